The second kappa shape index (κ2) is 8.28. The predicted molar refractivity (Wildman–Crippen MR) is 80.1 cm³/mol. The Bertz CT molecular complexity index is 339. The molecule has 0 amide bonds. The van der Waals surface area contributed by atoms with Crippen LogP contribution in [0, 0.1) is 0 Å². The van der Waals surface area contributed by atoms with Crippen LogP contribution < -0.4 is 5.32 Å². The number of likely N-dealkylation sites (tertiary alicyclic amines) is 1. The zero-order valence-corrected chi connectivity index (χ0v) is 12.1. The molecular weight excluding hydrogens is 234 g/mol. The molecule has 3 heteroatoms. The summed E-state index contributed by atoms with van der Waals surface area (Å²) in [7, 11) is 0. The average molecular weight is 261 g/mol. The van der Waals surface area contributed by atoms with Crippen LogP contribution in [0.15, 0.2) is 24.5 Å². The van der Waals surface area contributed by atoms with Crippen LogP contribution in [0.2, 0.25) is 0 Å². The van der Waals surface area contributed by atoms with Crippen molar-refractivity contribution in [3.05, 3.63) is 30.1 Å². The van der Waals surface area contributed by atoms with Crippen LogP contribution in [0.4, 0.5) is 0 Å². The molecule has 0 aliphatic carbocycles. The van der Waals surface area contributed by atoms with Crippen molar-refractivity contribution in [2.45, 2.75) is 51.6 Å². The SMILES string of the molecule is CCC1CCCCCN1CCNCc1cccnc1. The van der Waals surface area contributed by atoms with Gasteiger partial charge in [-0.3, -0.25) is 9.88 Å². The molecule has 3 nitrogen and oxygen atoms in total. The zero-order valence-electron chi connectivity index (χ0n) is 12.1. The molecule has 106 valence electrons. The van der Waals surface area contributed by atoms with Gasteiger partial charge in [0.2, 0.25) is 0 Å². The fraction of sp³-hybridized carbons (Fsp3) is 0.688. The van der Waals surface area contributed by atoms with E-state index in [0.29, 0.717) is 0 Å². The average Bonchev–Trinajstić information content (AvgIpc) is 2.69. The molecule has 1 aliphatic heterocycles. The van der Waals surface area contributed by atoms with Gasteiger partial charge in [0.1, 0.15) is 0 Å². The van der Waals surface area contributed by atoms with E-state index in [2.05, 4.69) is 28.2 Å². The monoisotopic (exact) mass is 261 g/mol. The predicted octanol–water partition coefficient (Wildman–Crippen LogP) is 2.83. The summed E-state index contributed by atoms with van der Waals surface area (Å²) >= 11 is 0. The molecule has 2 rings (SSSR count). The number of rotatable bonds is 6. The molecule has 2 heterocycles. The second-order valence-corrected chi connectivity index (χ2v) is 5.49. The summed E-state index contributed by atoms with van der Waals surface area (Å²) in [5.74, 6) is 0. The second-order valence-electron chi connectivity index (χ2n) is 5.49. The first-order valence-corrected chi connectivity index (χ1v) is 7.74. The Labute approximate surface area is 117 Å². The number of aromatic nitrogens is 1. The Balaban J connectivity index is 1.69. The van der Waals surface area contributed by atoms with E-state index in [1.54, 1.807) is 0 Å². The van der Waals surface area contributed by atoms with Crippen molar-refractivity contribution in [1.29, 1.82) is 0 Å². The Morgan fingerprint density at radius 3 is 3.11 bits per heavy atom. The highest BCUT2D eigenvalue weighted by atomic mass is 15.2. The highest BCUT2D eigenvalue weighted by molar-refractivity contribution is 5.07. The lowest BCUT2D eigenvalue weighted by molar-refractivity contribution is 0.195. The van der Waals surface area contributed by atoms with Crippen LogP contribution in [0.5, 0.6) is 0 Å². The molecule has 1 unspecified atom stereocenters. The fourth-order valence-corrected chi connectivity index (χ4v) is 2.95. The van der Waals surface area contributed by atoms with Gasteiger partial charge in [-0.15, -0.1) is 0 Å². The molecule has 0 radical (unpaired) electrons. The smallest absolute Gasteiger partial charge is 0.0312 e. The molecule has 0 spiro atoms. The molecule has 0 saturated carbocycles. The van der Waals surface area contributed by atoms with Crippen LogP contribution in [0.1, 0.15) is 44.6 Å². The highest BCUT2D eigenvalue weighted by Crippen LogP contribution is 2.18. The van der Waals surface area contributed by atoms with Crippen molar-refractivity contribution in [2.24, 2.45) is 0 Å². The van der Waals surface area contributed by atoms with Crippen molar-refractivity contribution in [3.63, 3.8) is 0 Å². The maximum absolute atomic E-state index is 4.14. The van der Waals surface area contributed by atoms with Crippen LogP contribution in [-0.2, 0) is 6.54 Å². The van der Waals surface area contributed by atoms with Crippen LogP contribution in [0.3, 0.4) is 0 Å². The van der Waals surface area contributed by atoms with Gasteiger partial charge in [0.15, 0.2) is 0 Å². The number of nitrogens with one attached hydrogen (secondary N) is 1. The zero-order chi connectivity index (χ0) is 13.3. The van der Waals surface area contributed by atoms with E-state index in [1.165, 1.54) is 50.8 Å². The van der Waals surface area contributed by atoms with Crippen molar-refractivity contribution in [3.8, 4) is 0 Å². The molecule has 1 aromatic rings. The van der Waals surface area contributed by atoms with Gasteiger partial charge >= 0.3 is 0 Å². The first kappa shape index (κ1) is 14.5. The molecule has 1 saturated heterocycles. The summed E-state index contributed by atoms with van der Waals surface area (Å²) in [5.41, 5.74) is 1.27. The Kier molecular flexibility index (Phi) is 6.31. The molecule has 0 aromatic carbocycles. The third-order valence-corrected chi connectivity index (χ3v) is 4.10. The van der Waals surface area contributed by atoms with E-state index in [0.717, 1.165) is 19.1 Å². The third kappa shape index (κ3) is 4.92. The van der Waals surface area contributed by atoms with Crippen molar-refractivity contribution in [1.82, 2.24) is 15.2 Å². The Morgan fingerprint density at radius 2 is 2.32 bits per heavy atom. The summed E-state index contributed by atoms with van der Waals surface area (Å²) < 4.78 is 0. The van der Waals surface area contributed by atoms with Gasteiger partial charge in [-0.05, 0) is 37.4 Å². The Morgan fingerprint density at radius 1 is 1.37 bits per heavy atom. The van der Waals surface area contributed by atoms with Gasteiger partial charge in [0, 0.05) is 38.1 Å². The molecule has 1 fully saturated rings. The molecule has 1 aliphatic rings. The fourth-order valence-electron chi connectivity index (χ4n) is 2.95. The number of hydrogen-bond donors (Lipinski definition) is 1. The first-order chi connectivity index (χ1) is 9.40. The number of hydrogen-bond acceptors (Lipinski definition) is 3. The van der Waals surface area contributed by atoms with Crippen LogP contribution in [-0.4, -0.2) is 35.6 Å². The van der Waals surface area contributed by atoms with Crippen LogP contribution in [0.25, 0.3) is 0 Å². The maximum Gasteiger partial charge on any atom is 0.0312 e. The van der Waals surface area contributed by atoms with Gasteiger partial charge in [0.05, 0.1) is 0 Å². The molecule has 0 bridgehead atoms. The van der Waals surface area contributed by atoms with E-state index >= 15 is 0 Å². The molecule has 1 aromatic heterocycles. The van der Waals surface area contributed by atoms with Gasteiger partial charge in [-0.2, -0.15) is 0 Å². The highest BCUT2D eigenvalue weighted by Gasteiger charge is 2.18. The summed E-state index contributed by atoms with van der Waals surface area (Å²) in [6.45, 7) is 6.79. The van der Waals surface area contributed by atoms with Gasteiger partial charge in [0.25, 0.3) is 0 Å². The van der Waals surface area contributed by atoms with Gasteiger partial charge in [-0.25, -0.2) is 0 Å². The van der Waals surface area contributed by atoms with Crippen molar-refractivity contribution < 1.29 is 0 Å². The summed E-state index contributed by atoms with van der Waals surface area (Å²) in [6.07, 6.45) is 10.6. The first-order valence-electron chi connectivity index (χ1n) is 7.74. The molecule has 1 N–H and O–H groups in total. The van der Waals surface area contributed by atoms with E-state index < -0.39 is 0 Å². The molecular formula is C16H27N3. The maximum atomic E-state index is 4.14. The molecule has 1 atom stereocenters. The molecule has 19 heavy (non-hydrogen) atoms. The summed E-state index contributed by atoms with van der Waals surface area (Å²) in [4.78, 5) is 6.82. The largest absolute Gasteiger partial charge is 0.311 e. The lowest BCUT2D eigenvalue weighted by Crippen LogP contribution is -2.39. The number of pyridine rings is 1. The standard InChI is InChI=1S/C16H27N3/c1-2-16-8-4-3-5-11-19(16)12-10-18-14-15-7-6-9-17-13-15/h6-7,9,13,16,18H,2-5,8,10-12,14H2,1H3. The van der Waals surface area contributed by atoms with E-state index in [9.17, 15) is 0 Å². The van der Waals surface area contributed by atoms with E-state index in [4.69, 9.17) is 0 Å². The minimum absolute atomic E-state index is 0.808. The Hall–Kier alpha value is -0.930. The quantitative estimate of drug-likeness (QED) is 0.798. The summed E-state index contributed by atoms with van der Waals surface area (Å²) in [6, 6.07) is 4.93. The topological polar surface area (TPSA) is 28.2 Å². The minimum Gasteiger partial charge on any atom is -0.311 e. The lowest BCUT2D eigenvalue weighted by Gasteiger charge is -2.29. The summed E-state index contributed by atoms with van der Waals surface area (Å²) in [5, 5.41) is 3.53. The van der Waals surface area contributed by atoms with Gasteiger partial charge in [-0.1, -0.05) is 25.8 Å². The van der Waals surface area contributed by atoms with Gasteiger partial charge < -0.3 is 5.32 Å². The lowest BCUT2D eigenvalue weighted by atomic mass is 10.1. The van der Waals surface area contributed by atoms with Crippen LogP contribution >= 0.6 is 0 Å². The van der Waals surface area contributed by atoms with E-state index in [-0.39, 0.29) is 0 Å². The van der Waals surface area contributed by atoms with Crippen molar-refractivity contribution in [2.75, 3.05) is 19.6 Å². The van der Waals surface area contributed by atoms with E-state index in [1.807, 2.05) is 18.5 Å². The normalized spacial score (nSPS) is 21.2. The minimum atomic E-state index is 0.808. The number of nitrogens with zero attached hydrogens (tertiary/aromatic N) is 2. The van der Waals surface area contributed by atoms with Crippen molar-refractivity contribution >= 4 is 0 Å². The third-order valence-electron chi connectivity index (χ3n) is 4.10.